The first kappa shape index (κ1) is 23.9. The molecule has 172 valence electrons. The molecule has 8 heteroatoms. The van der Waals surface area contributed by atoms with Gasteiger partial charge < -0.3 is 10.6 Å². The monoisotopic (exact) mass is 457 g/mol. The van der Waals surface area contributed by atoms with E-state index in [2.05, 4.69) is 10.6 Å². The van der Waals surface area contributed by atoms with Gasteiger partial charge in [0, 0.05) is 24.7 Å². The van der Waals surface area contributed by atoms with Crippen LogP contribution in [0.2, 0.25) is 0 Å². The maximum absolute atomic E-state index is 12.7. The van der Waals surface area contributed by atoms with Crippen molar-refractivity contribution >= 4 is 27.5 Å². The predicted octanol–water partition coefficient (Wildman–Crippen LogP) is 2.91. The van der Waals surface area contributed by atoms with Crippen molar-refractivity contribution in [2.24, 2.45) is 5.92 Å². The van der Waals surface area contributed by atoms with Crippen LogP contribution in [-0.4, -0.2) is 44.2 Å². The number of hydrogen-bond acceptors (Lipinski definition) is 4. The molecule has 1 aliphatic heterocycles. The lowest BCUT2D eigenvalue weighted by molar-refractivity contribution is -0.128. The van der Waals surface area contributed by atoms with Crippen LogP contribution in [0.25, 0.3) is 0 Å². The lowest BCUT2D eigenvalue weighted by atomic mass is 9.97. The number of amides is 2. The van der Waals surface area contributed by atoms with Gasteiger partial charge in [0.2, 0.25) is 21.8 Å². The van der Waals surface area contributed by atoms with Crippen LogP contribution in [0.4, 0.5) is 5.69 Å². The SMILES string of the molecule is Cc1cc(C)c(NC(=O)CNC(=O)C2CCN(S(=O)(=O)Cc3ccccc3)CC2)c(C)c1. The standard InChI is InChI=1S/C24H31N3O4S/c1-17-13-18(2)23(19(3)14-17)26-22(28)15-25-24(29)21-9-11-27(12-10-21)32(30,31)16-20-7-5-4-6-8-20/h4-8,13-14,21H,9-12,15-16H2,1-3H3,(H,25,29)(H,26,28). The van der Waals surface area contributed by atoms with E-state index in [0.717, 1.165) is 27.9 Å². The Kier molecular flexibility index (Phi) is 7.69. The average Bonchev–Trinajstić information content (AvgIpc) is 2.75. The van der Waals surface area contributed by atoms with Crippen molar-refractivity contribution in [1.82, 2.24) is 9.62 Å². The van der Waals surface area contributed by atoms with E-state index in [4.69, 9.17) is 0 Å². The highest BCUT2D eigenvalue weighted by Crippen LogP contribution is 2.23. The first-order valence-corrected chi connectivity index (χ1v) is 12.4. The zero-order chi connectivity index (χ0) is 23.3. The van der Waals surface area contributed by atoms with Gasteiger partial charge in [0.25, 0.3) is 0 Å². The Hall–Kier alpha value is -2.71. The summed E-state index contributed by atoms with van der Waals surface area (Å²) < 4.78 is 26.8. The predicted molar refractivity (Wildman–Crippen MR) is 126 cm³/mol. The molecule has 0 saturated carbocycles. The van der Waals surface area contributed by atoms with Gasteiger partial charge in [-0.2, -0.15) is 0 Å². The fourth-order valence-electron chi connectivity index (χ4n) is 4.14. The van der Waals surface area contributed by atoms with Gasteiger partial charge in [-0.25, -0.2) is 12.7 Å². The zero-order valence-corrected chi connectivity index (χ0v) is 19.7. The number of piperidine rings is 1. The van der Waals surface area contributed by atoms with E-state index in [0.29, 0.717) is 25.9 Å². The van der Waals surface area contributed by atoms with E-state index >= 15 is 0 Å². The highest BCUT2D eigenvalue weighted by Gasteiger charge is 2.31. The van der Waals surface area contributed by atoms with E-state index in [1.807, 2.05) is 51.1 Å². The van der Waals surface area contributed by atoms with Crippen molar-refractivity contribution in [3.63, 3.8) is 0 Å². The van der Waals surface area contributed by atoms with Crippen molar-refractivity contribution in [3.8, 4) is 0 Å². The molecule has 2 N–H and O–H groups in total. The van der Waals surface area contributed by atoms with Crippen LogP contribution in [0.3, 0.4) is 0 Å². The molecule has 2 amide bonds. The summed E-state index contributed by atoms with van der Waals surface area (Å²) in [5.74, 6) is -0.828. The molecule has 1 saturated heterocycles. The fraction of sp³-hybridized carbons (Fsp3) is 0.417. The normalized spacial score (nSPS) is 15.3. The van der Waals surface area contributed by atoms with Crippen molar-refractivity contribution in [3.05, 3.63) is 64.7 Å². The highest BCUT2D eigenvalue weighted by atomic mass is 32.2. The van der Waals surface area contributed by atoms with Crippen molar-refractivity contribution in [2.75, 3.05) is 25.0 Å². The number of benzene rings is 2. The number of hydrogen-bond donors (Lipinski definition) is 2. The molecule has 0 spiro atoms. The Bertz CT molecular complexity index is 1050. The number of nitrogens with one attached hydrogen (secondary N) is 2. The number of aryl methyl sites for hydroxylation is 3. The van der Waals surface area contributed by atoms with E-state index in [1.165, 1.54) is 4.31 Å². The van der Waals surface area contributed by atoms with Crippen LogP contribution in [0.1, 0.15) is 35.1 Å². The maximum Gasteiger partial charge on any atom is 0.243 e. The summed E-state index contributed by atoms with van der Waals surface area (Å²) in [6, 6.07) is 13.1. The number of anilines is 1. The van der Waals surface area contributed by atoms with Crippen LogP contribution in [0.5, 0.6) is 0 Å². The maximum atomic E-state index is 12.7. The second kappa shape index (κ2) is 10.3. The minimum Gasteiger partial charge on any atom is -0.347 e. The van der Waals surface area contributed by atoms with Crippen LogP contribution >= 0.6 is 0 Å². The van der Waals surface area contributed by atoms with E-state index in [-0.39, 0.29) is 30.0 Å². The largest absolute Gasteiger partial charge is 0.347 e. The molecule has 7 nitrogen and oxygen atoms in total. The second-order valence-electron chi connectivity index (χ2n) is 8.45. The van der Waals surface area contributed by atoms with Gasteiger partial charge in [-0.05, 0) is 50.3 Å². The zero-order valence-electron chi connectivity index (χ0n) is 18.8. The summed E-state index contributed by atoms with van der Waals surface area (Å²) >= 11 is 0. The summed E-state index contributed by atoms with van der Waals surface area (Å²) in [6.07, 6.45) is 0.884. The summed E-state index contributed by atoms with van der Waals surface area (Å²) in [7, 11) is -3.42. The quantitative estimate of drug-likeness (QED) is 0.668. The molecular formula is C24H31N3O4S. The molecule has 2 aromatic carbocycles. The Morgan fingerprint density at radius 1 is 1.00 bits per heavy atom. The summed E-state index contributed by atoms with van der Waals surface area (Å²) in [4.78, 5) is 24.9. The first-order chi connectivity index (χ1) is 15.2. The third-order valence-electron chi connectivity index (χ3n) is 5.77. The topological polar surface area (TPSA) is 95.6 Å². The third kappa shape index (κ3) is 6.17. The smallest absolute Gasteiger partial charge is 0.243 e. The van der Waals surface area contributed by atoms with E-state index in [1.54, 1.807) is 12.1 Å². The molecule has 0 radical (unpaired) electrons. The Morgan fingerprint density at radius 2 is 1.59 bits per heavy atom. The molecule has 1 fully saturated rings. The van der Waals surface area contributed by atoms with Crippen LogP contribution in [0.15, 0.2) is 42.5 Å². The molecule has 0 aromatic heterocycles. The minimum atomic E-state index is -3.42. The van der Waals surface area contributed by atoms with Crippen molar-refractivity contribution in [2.45, 2.75) is 39.4 Å². The summed E-state index contributed by atoms with van der Waals surface area (Å²) in [5.41, 5.74) is 4.60. The van der Waals surface area contributed by atoms with Gasteiger partial charge in [-0.3, -0.25) is 9.59 Å². The molecule has 32 heavy (non-hydrogen) atoms. The summed E-state index contributed by atoms with van der Waals surface area (Å²) in [5, 5.41) is 5.57. The Labute approximate surface area is 190 Å². The van der Waals surface area contributed by atoms with Gasteiger partial charge in [-0.15, -0.1) is 0 Å². The second-order valence-corrected chi connectivity index (χ2v) is 10.4. The van der Waals surface area contributed by atoms with Crippen LogP contribution in [0, 0.1) is 26.7 Å². The van der Waals surface area contributed by atoms with E-state index < -0.39 is 10.0 Å². The van der Waals surface area contributed by atoms with E-state index in [9.17, 15) is 18.0 Å². The lowest BCUT2D eigenvalue weighted by Gasteiger charge is -2.30. The fourth-order valence-corrected chi connectivity index (χ4v) is 5.71. The molecule has 0 atom stereocenters. The Morgan fingerprint density at radius 3 is 2.19 bits per heavy atom. The number of carbonyl (C=O) groups excluding carboxylic acids is 2. The average molecular weight is 458 g/mol. The van der Waals surface area contributed by atoms with Crippen molar-refractivity contribution < 1.29 is 18.0 Å². The molecule has 1 heterocycles. The molecule has 0 unspecified atom stereocenters. The van der Waals surface area contributed by atoms with Gasteiger partial charge in [0.1, 0.15) is 0 Å². The third-order valence-corrected chi connectivity index (χ3v) is 7.62. The number of sulfonamides is 1. The highest BCUT2D eigenvalue weighted by molar-refractivity contribution is 7.88. The van der Waals surface area contributed by atoms with Crippen LogP contribution in [-0.2, 0) is 25.4 Å². The van der Waals surface area contributed by atoms with Gasteiger partial charge in [0.15, 0.2) is 0 Å². The first-order valence-electron chi connectivity index (χ1n) is 10.8. The molecular weight excluding hydrogens is 426 g/mol. The van der Waals surface area contributed by atoms with Crippen molar-refractivity contribution in [1.29, 1.82) is 0 Å². The molecule has 2 aromatic rings. The molecule has 0 bridgehead atoms. The molecule has 1 aliphatic rings. The van der Waals surface area contributed by atoms with Gasteiger partial charge in [-0.1, -0.05) is 48.0 Å². The number of rotatable bonds is 7. The van der Waals surface area contributed by atoms with Gasteiger partial charge >= 0.3 is 0 Å². The minimum absolute atomic E-state index is 0.0390. The lowest BCUT2D eigenvalue weighted by Crippen LogP contribution is -2.44. The summed E-state index contributed by atoms with van der Waals surface area (Å²) in [6.45, 7) is 6.38. The number of nitrogens with zero attached hydrogens (tertiary/aromatic N) is 1. The van der Waals surface area contributed by atoms with Gasteiger partial charge in [0.05, 0.1) is 12.3 Å². The van der Waals surface area contributed by atoms with Crippen LogP contribution < -0.4 is 10.6 Å². The molecule has 3 rings (SSSR count). The number of carbonyl (C=O) groups is 2. The molecule has 0 aliphatic carbocycles. The Balaban J connectivity index is 1.47.